The molecule has 0 bridgehead atoms. The molecule has 5 heteroatoms. The Hall–Kier alpha value is -1.72. The van der Waals surface area contributed by atoms with E-state index in [9.17, 15) is 4.79 Å². The zero-order valence-electron chi connectivity index (χ0n) is 15.3. The van der Waals surface area contributed by atoms with Gasteiger partial charge in [0.15, 0.2) is 0 Å². The number of ether oxygens (including phenoxy) is 2. The van der Waals surface area contributed by atoms with Gasteiger partial charge in [0, 0.05) is 25.3 Å². The molecule has 140 valence electrons. The van der Waals surface area contributed by atoms with Crippen molar-refractivity contribution in [1.29, 1.82) is 0 Å². The Balaban J connectivity index is 1.18. The molecule has 4 rings (SSSR count). The second-order valence-corrected chi connectivity index (χ2v) is 7.89. The highest BCUT2D eigenvalue weighted by molar-refractivity contribution is 5.80. The Kier molecular flexibility index (Phi) is 5.36. The van der Waals surface area contributed by atoms with E-state index in [2.05, 4.69) is 17.1 Å². The molecule has 0 aromatic carbocycles. The Bertz CT molecular complexity index is 632. The molecule has 0 saturated carbocycles. The first-order chi connectivity index (χ1) is 12.7. The van der Waals surface area contributed by atoms with Crippen molar-refractivity contribution < 1.29 is 14.3 Å². The smallest absolute Gasteiger partial charge is 0.226 e. The van der Waals surface area contributed by atoms with E-state index in [1.54, 1.807) is 6.20 Å². The van der Waals surface area contributed by atoms with Crippen LogP contribution < -0.4 is 0 Å². The van der Waals surface area contributed by atoms with Crippen molar-refractivity contribution in [3.05, 3.63) is 42.2 Å². The fourth-order valence-electron chi connectivity index (χ4n) is 4.39. The summed E-state index contributed by atoms with van der Waals surface area (Å²) in [5, 5.41) is 0. The minimum Gasteiger partial charge on any atom is -0.375 e. The Morgan fingerprint density at radius 1 is 1.31 bits per heavy atom. The van der Waals surface area contributed by atoms with Crippen LogP contribution in [0.3, 0.4) is 0 Å². The maximum Gasteiger partial charge on any atom is 0.226 e. The third kappa shape index (κ3) is 3.99. The molecule has 3 heterocycles. The van der Waals surface area contributed by atoms with E-state index < -0.39 is 0 Å². The number of hydrogen-bond acceptors (Lipinski definition) is 4. The van der Waals surface area contributed by atoms with Crippen LogP contribution in [-0.4, -0.2) is 47.7 Å². The standard InChI is InChI=1S/C21H28N2O3/c24-20(18-5-1-2-6-18)23-15-21(16-23)13-17(9-12-26-21)8-11-25-14-19-7-3-4-10-22-19/h1-4,7,10,17-18H,5-6,8-9,11-16H2/t17-/m1/s1. The van der Waals surface area contributed by atoms with Gasteiger partial charge in [-0.25, -0.2) is 0 Å². The van der Waals surface area contributed by atoms with Crippen molar-refractivity contribution in [1.82, 2.24) is 9.88 Å². The summed E-state index contributed by atoms with van der Waals surface area (Å²) >= 11 is 0. The van der Waals surface area contributed by atoms with E-state index in [0.717, 1.165) is 64.1 Å². The third-order valence-electron chi connectivity index (χ3n) is 5.87. The Labute approximate surface area is 155 Å². The number of hydrogen-bond donors (Lipinski definition) is 0. The molecule has 1 aromatic rings. The van der Waals surface area contributed by atoms with Gasteiger partial charge in [-0.2, -0.15) is 0 Å². The normalized spacial score (nSPS) is 24.8. The van der Waals surface area contributed by atoms with Crippen LogP contribution in [-0.2, 0) is 20.9 Å². The lowest BCUT2D eigenvalue weighted by Gasteiger charge is -2.53. The van der Waals surface area contributed by atoms with Crippen molar-refractivity contribution in [2.45, 2.75) is 44.3 Å². The number of pyridine rings is 1. The molecule has 0 N–H and O–H groups in total. The van der Waals surface area contributed by atoms with Crippen LogP contribution in [0.5, 0.6) is 0 Å². The molecule has 0 unspecified atom stereocenters. The molecule has 1 aromatic heterocycles. The van der Waals surface area contributed by atoms with Crippen molar-refractivity contribution >= 4 is 5.91 Å². The third-order valence-corrected chi connectivity index (χ3v) is 5.87. The fourth-order valence-corrected chi connectivity index (χ4v) is 4.39. The summed E-state index contributed by atoms with van der Waals surface area (Å²) in [4.78, 5) is 18.8. The Morgan fingerprint density at radius 2 is 2.15 bits per heavy atom. The lowest BCUT2D eigenvalue weighted by molar-refractivity contribution is -0.191. The number of carbonyl (C=O) groups excluding carboxylic acids is 1. The maximum atomic E-state index is 12.5. The number of allylic oxidation sites excluding steroid dienone is 2. The summed E-state index contributed by atoms with van der Waals surface area (Å²) in [6.07, 6.45) is 11.0. The van der Waals surface area contributed by atoms with Crippen LogP contribution in [0.2, 0.25) is 0 Å². The van der Waals surface area contributed by atoms with E-state index in [0.29, 0.717) is 18.4 Å². The average molecular weight is 356 g/mol. The highest BCUT2D eigenvalue weighted by Gasteiger charge is 2.49. The van der Waals surface area contributed by atoms with Gasteiger partial charge in [-0.3, -0.25) is 9.78 Å². The predicted octanol–water partition coefficient (Wildman–Crippen LogP) is 2.96. The number of aromatic nitrogens is 1. The van der Waals surface area contributed by atoms with Crippen LogP contribution in [0.15, 0.2) is 36.5 Å². The van der Waals surface area contributed by atoms with Gasteiger partial charge in [0.2, 0.25) is 5.91 Å². The second-order valence-electron chi connectivity index (χ2n) is 7.89. The summed E-state index contributed by atoms with van der Waals surface area (Å²) in [7, 11) is 0. The zero-order chi connectivity index (χ0) is 17.8. The van der Waals surface area contributed by atoms with E-state index >= 15 is 0 Å². The molecule has 5 nitrogen and oxygen atoms in total. The van der Waals surface area contributed by atoms with Gasteiger partial charge in [-0.1, -0.05) is 18.2 Å². The Morgan fingerprint density at radius 3 is 2.92 bits per heavy atom. The van der Waals surface area contributed by atoms with Crippen LogP contribution >= 0.6 is 0 Å². The molecule has 1 amide bonds. The minimum atomic E-state index is -0.0917. The van der Waals surface area contributed by atoms with E-state index in [1.807, 2.05) is 23.1 Å². The van der Waals surface area contributed by atoms with Crippen molar-refractivity contribution in [3.8, 4) is 0 Å². The zero-order valence-corrected chi connectivity index (χ0v) is 15.3. The monoisotopic (exact) mass is 356 g/mol. The first-order valence-corrected chi connectivity index (χ1v) is 9.79. The molecule has 3 aliphatic rings. The summed E-state index contributed by atoms with van der Waals surface area (Å²) in [5.41, 5.74) is 0.886. The van der Waals surface area contributed by atoms with Crippen LogP contribution in [0.1, 0.15) is 37.8 Å². The molecule has 2 aliphatic heterocycles. The number of rotatable bonds is 6. The summed E-state index contributed by atoms with van der Waals surface area (Å²) in [6, 6.07) is 5.89. The largest absolute Gasteiger partial charge is 0.375 e. The minimum absolute atomic E-state index is 0.0917. The van der Waals surface area contributed by atoms with Crippen molar-refractivity contribution in [3.63, 3.8) is 0 Å². The van der Waals surface area contributed by atoms with Crippen LogP contribution in [0.4, 0.5) is 0 Å². The van der Waals surface area contributed by atoms with Crippen molar-refractivity contribution in [2.75, 3.05) is 26.3 Å². The van der Waals surface area contributed by atoms with Gasteiger partial charge in [0.25, 0.3) is 0 Å². The van der Waals surface area contributed by atoms with Gasteiger partial charge in [0.05, 0.1) is 25.4 Å². The highest BCUT2D eigenvalue weighted by Crippen LogP contribution is 2.39. The van der Waals surface area contributed by atoms with Crippen LogP contribution in [0, 0.1) is 11.8 Å². The lowest BCUT2D eigenvalue weighted by Crippen LogP contribution is -2.67. The van der Waals surface area contributed by atoms with E-state index in [4.69, 9.17) is 9.47 Å². The lowest BCUT2D eigenvalue weighted by atomic mass is 9.79. The van der Waals surface area contributed by atoms with Gasteiger partial charge in [0.1, 0.15) is 5.60 Å². The molecule has 0 radical (unpaired) electrons. The molecule has 1 aliphatic carbocycles. The predicted molar refractivity (Wildman–Crippen MR) is 98.4 cm³/mol. The first kappa shape index (κ1) is 17.7. The van der Waals surface area contributed by atoms with Gasteiger partial charge >= 0.3 is 0 Å². The SMILES string of the molecule is O=C(C1CC=CC1)N1CC2(C[C@H](CCOCc3ccccn3)CCO2)C1. The average Bonchev–Trinajstić information content (AvgIpc) is 3.18. The fraction of sp³-hybridized carbons (Fsp3) is 0.619. The summed E-state index contributed by atoms with van der Waals surface area (Å²) in [5.74, 6) is 1.11. The van der Waals surface area contributed by atoms with E-state index in [-0.39, 0.29) is 11.5 Å². The van der Waals surface area contributed by atoms with E-state index in [1.165, 1.54) is 0 Å². The van der Waals surface area contributed by atoms with Crippen molar-refractivity contribution in [2.24, 2.45) is 11.8 Å². The number of carbonyl (C=O) groups is 1. The molecule has 1 spiro atoms. The maximum absolute atomic E-state index is 12.5. The molecule has 2 fully saturated rings. The molecule has 26 heavy (non-hydrogen) atoms. The second kappa shape index (κ2) is 7.89. The number of nitrogens with zero attached hydrogens (tertiary/aromatic N) is 2. The molecular weight excluding hydrogens is 328 g/mol. The highest BCUT2D eigenvalue weighted by atomic mass is 16.5. The number of likely N-dealkylation sites (tertiary alicyclic amines) is 1. The molecule has 2 saturated heterocycles. The van der Waals surface area contributed by atoms with Gasteiger partial charge < -0.3 is 14.4 Å². The quantitative estimate of drug-likeness (QED) is 0.581. The van der Waals surface area contributed by atoms with Crippen LogP contribution in [0.25, 0.3) is 0 Å². The topological polar surface area (TPSA) is 51.7 Å². The summed E-state index contributed by atoms with van der Waals surface area (Å²) < 4.78 is 11.9. The summed E-state index contributed by atoms with van der Waals surface area (Å²) in [6.45, 7) is 3.68. The number of amides is 1. The first-order valence-electron chi connectivity index (χ1n) is 9.79. The van der Waals surface area contributed by atoms with Gasteiger partial charge in [-0.15, -0.1) is 0 Å². The molecular formula is C21H28N2O3. The molecule has 1 atom stereocenters. The van der Waals surface area contributed by atoms with Gasteiger partial charge in [-0.05, 0) is 50.2 Å².